The van der Waals surface area contributed by atoms with Gasteiger partial charge in [0.25, 0.3) is 0 Å². The third kappa shape index (κ3) is 2.40. The maximum Gasteiger partial charge on any atom is 0.333 e. The normalized spacial score (nSPS) is 12.4. The third-order valence-corrected chi connectivity index (χ3v) is 3.77. The summed E-state index contributed by atoms with van der Waals surface area (Å²) in [5.74, 6) is -0.918. The molecule has 0 unspecified atom stereocenters. The van der Waals surface area contributed by atoms with Gasteiger partial charge in [-0.1, -0.05) is 36.4 Å². The Kier molecular flexibility index (Phi) is 3.43. The Hall–Kier alpha value is -1.89. The monoisotopic (exact) mass is 378 g/mol. The van der Waals surface area contributed by atoms with Crippen LogP contribution in [0.25, 0.3) is 10.9 Å². The molecule has 4 nitrogen and oxygen atoms in total. The molecule has 0 aliphatic rings. The van der Waals surface area contributed by atoms with E-state index >= 15 is 0 Å². The van der Waals surface area contributed by atoms with Crippen LogP contribution in [0.1, 0.15) is 11.6 Å². The summed E-state index contributed by atoms with van der Waals surface area (Å²) >= 11 is 2.21. The first-order chi connectivity index (χ1) is 9.65. The Balaban J connectivity index is 2.13. The van der Waals surface area contributed by atoms with Gasteiger partial charge in [-0.05, 0) is 40.3 Å². The number of hydrogen-bond acceptors (Lipinski definition) is 2. The Morgan fingerprint density at radius 2 is 1.95 bits per heavy atom. The lowest BCUT2D eigenvalue weighted by Gasteiger charge is -2.12. The number of nitrogens with zero attached hydrogens (tertiary/aromatic N) is 2. The molecular formula is C15H11IN2O2. The van der Waals surface area contributed by atoms with Crippen molar-refractivity contribution in [3.8, 4) is 0 Å². The van der Waals surface area contributed by atoms with Crippen molar-refractivity contribution in [1.29, 1.82) is 0 Å². The van der Waals surface area contributed by atoms with Crippen molar-refractivity contribution in [3.05, 3.63) is 63.9 Å². The van der Waals surface area contributed by atoms with Gasteiger partial charge in [-0.25, -0.2) is 4.79 Å². The van der Waals surface area contributed by atoms with E-state index in [1.54, 1.807) is 18.3 Å². The number of benzene rings is 2. The smallest absolute Gasteiger partial charge is 0.333 e. The summed E-state index contributed by atoms with van der Waals surface area (Å²) in [6, 6.07) is 14.2. The molecule has 20 heavy (non-hydrogen) atoms. The molecule has 3 rings (SSSR count). The molecule has 1 N–H and O–H groups in total. The largest absolute Gasteiger partial charge is 0.479 e. The molecule has 0 amide bonds. The number of aromatic nitrogens is 2. The average Bonchev–Trinajstić information content (AvgIpc) is 2.82. The lowest BCUT2D eigenvalue weighted by molar-refractivity contribution is -0.139. The van der Waals surface area contributed by atoms with Crippen molar-refractivity contribution in [3.63, 3.8) is 0 Å². The van der Waals surface area contributed by atoms with Gasteiger partial charge in [-0.2, -0.15) is 5.10 Å². The zero-order chi connectivity index (χ0) is 14.1. The van der Waals surface area contributed by atoms with Crippen LogP contribution in [-0.2, 0) is 4.79 Å². The molecule has 0 saturated carbocycles. The van der Waals surface area contributed by atoms with Crippen LogP contribution < -0.4 is 0 Å². The molecule has 100 valence electrons. The van der Waals surface area contributed by atoms with E-state index in [4.69, 9.17) is 0 Å². The molecule has 0 aliphatic heterocycles. The summed E-state index contributed by atoms with van der Waals surface area (Å²) in [5.41, 5.74) is 1.52. The van der Waals surface area contributed by atoms with Gasteiger partial charge in [-0.3, -0.25) is 4.68 Å². The van der Waals surface area contributed by atoms with Crippen LogP contribution in [0.4, 0.5) is 0 Å². The molecule has 5 heteroatoms. The second kappa shape index (κ2) is 5.24. The number of rotatable bonds is 3. The lowest BCUT2D eigenvalue weighted by Crippen LogP contribution is -2.20. The standard InChI is InChI=1S/C15H11IN2O2/c16-12-7-6-11-9-18(17-13(11)8-12)14(15(19)20)10-4-2-1-3-5-10/h1-9,14H,(H,19,20)/t14-/m1/s1. The van der Waals surface area contributed by atoms with Crippen molar-refractivity contribution in [2.75, 3.05) is 0 Å². The molecule has 0 saturated heterocycles. The van der Waals surface area contributed by atoms with E-state index in [9.17, 15) is 9.90 Å². The Morgan fingerprint density at radius 3 is 2.65 bits per heavy atom. The molecule has 0 bridgehead atoms. The van der Waals surface area contributed by atoms with Gasteiger partial charge >= 0.3 is 5.97 Å². The van der Waals surface area contributed by atoms with Crippen LogP contribution in [0, 0.1) is 3.57 Å². The van der Waals surface area contributed by atoms with E-state index < -0.39 is 12.0 Å². The Morgan fingerprint density at radius 1 is 1.20 bits per heavy atom. The zero-order valence-corrected chi connectivity index (χ0v) is 12.6. The first kappa shape index (κ1) is 13.1. The SMILES string of the molecule is O=C(O)[C@@H](c1ccccc1)n1cc2ccc(I)cc2n1. The van der Waals surface area contributed by atoms with Crippen molar-refractivity contribution >= 4 is 39.5 Å². The van der Waals surface area contributed by atoms with Crippen molar-refractivity contribution in [2.45, 2.75) is 6.04 Å². The molecule has 0 fully saturated rings. The van der Waals surface area contributed by atoms with E-state index in [2.05, 4.69) is 27.7 Å². The number of carbonyl (C=O) groups is 1. The minimum Gasteiger partial charge on any atom is -0.479 e. The highest BCUT2D eigenvalue weighted by Gasteiger charge is 2.22. The second-order valence-electron chi connectivity index (χ2n) is 4.46. The Labute approximate surface area is 129 Å². The number of carboxylic acids is 1. The molecule has 2 aromatic carbocycles. The van der Waals surface area contributed by atoms with E-state index in [1.807, 2.05) is 36.4 Å². The van der Waals surface area contributed by atoms with Gasteiger partial charge < -0.3 is 5.11 Å². The van der Waals surface area contributed by atoms with Crippen LogP contribution in [-0.4, -0.2) is 20.9 Å². The zero-order valence-electron chi connectivity index (χ0n) is 10.4. The molecule has 3 aromatic rings. The molecular weight excluding hydrogens is 367 g/mol. The van der Waals surface area contributed by atoms with Crippen LogP contribution >= 0.6 is 22.6 Å². The van der Waals surface area contributed by atoms with Gasteiger partial charge in [0.1, 0.15) is 0 Å². The van der Waals surface area contributed by atoms with Crippen molar-refractivity contribution < 1.29 is 9.90 Å². The topological polar surface area (TPSA) is 55.1 Å². The molecule has 0 aliphatic carbocycles. The summed E-state index contributed by atoms with van der Waals surface area (Å²) in [6.07, 6.45) is 1.78. The van der Waals surface area contributed by atoms with Crippen LogP contribution in [0.3, 0.4) is 0 Å². The second-order valence-corrected chi connectivity index (χ2v) is 5.71. The molecule has 1 heterocycles. The minimum atomic E-state index is -0.918. The van der Waals surface area contributed by atoms with E-state index in [0.29, 0.717) is 5.56 Å². The van der Waals surface area contributed by atoms with Crippen molar-refractivity contribution in [2.24, 2.45) is 0 Å². The van der Waals surface area contributed by atoms with Crippen molar-refractivity contribution in [1.82, 2.24) is 9.78 Å². The molecule has 1 atom stereocenters. The third-order valence-electron chi connectivity index (χ3n) is 3.10. The van der Waals surface area contributed by atoms with Gasteiger partial charge in [0.2, 0.25) is 0 Å². The fourth-order valence-electron chi connectivity index (χ4n) is 2.18. The summed E-state index contributed by atoms with van der Waals surface area (Å²) in [7, 11) is 0. The number of halogens is 1. The van der Waals surface area contributed by atoms with Crippen LogP contribution in [0.2, 0.25) is 0 Å². The number of fused-ring (bicyclic) bond motifs is 1. The highest BCUT2D eigenvalue weighted by atomic mass is 127. The predicted molar refractivity (Wildman–Crippen MR) is 84.7 cm³/mol. The van der Waals surface area contributed by atoms with Gasteiger partial charge in [0, 0.05) is 15.2 Å². The molecule has 1 aromatic heterocycles. The molecule has 0 radical (unpaired) electrons. The highest BCUT2D eigenvalue weighted by molar-refractivity contribution is 14.1. The van der Waals surface area contributed by atoms with E-state index in [0.717, 1.165) is 14.5 Å². The summed E-state index contributed by atoms with van der Waals surface area (Å²) in [4.78, 5) is 11.6. The van der Waals surface area contributed by atoms with Gasteiger partial charge in [0.15, 0.2) is 6.04 Å². The summed E-state index contributed by atoms with van der Waals surface area (Å²) < 4.78 is 2.59. The number of aliphatic carboxylic acids is 1. The minimum absolute atomic E-state index is 0.711. The fourth-order valence-corrected chi connectivity index (χ4v) is 2.66. The maximum absolute atomic E-state index is 11.6. The van der Waals surface area contributed by atoms with Gasteiger partial charge in [0.05, 0.1) is 5.52 Å². The summed E-state index contributed by atoms with van der Waals surface area (Å²) in [6.45, 7) is 0. The van der Waals surface area contributed by atoms with Crippen LogP contribution in [0.5, 0.6) is 0 Å². The average molecular weight is 378 g/mol. The first-order valence-electron chi connectivity index (χ1n) is 6.07. The van der Waals surface area contributed by atoms with E-state index in [-0.39, 0.29) is 0 Å². The first-order valence-corrected chi connectivity index (χ1v) is 7.15. The quantitative estimate of drug-likeness (QED) is 0.712. The molecule has 0 spiro atoms. The van der Waals surface area contributed by atoms with Gasteiger partial charge in [-0.15, -0.1) is 0 Å². The fraction of sp³-hybridized carbons (Fsp3) is 0.0667. The maximum atomic E-state index is 11.6. The number of carboxylic acid groups (broad SMARTS) is 1. The lowest BCUT2D eigenvalue weighted by atomic mass is 10.1. The van der Waals surface area contributed by atoms with E-state index in [1.165, 1.54) is 4.68 Å². The number of hydrogen-bond donors (Lipinski definition) is 1. The predicted octanol–water partition coefficient (Wildman–Crippen LogP) is 3.31. The summed E-state index contributed by atoms with van der Waals surface area (Å²) in [5, 5.41) is 14.8. The Bertz CT molecular complexity index is 768. The highest BCUT2D eigenvalue weighted by Crippen LogP contribution is 2.22. The van der Waals surface area contributed by atoms with Crippen LogP contribution in [0.15, 0.2) is 54.7 Å².